The van der Waals surface area contributed by atoms with Crippen molar-refractivity contribution in [1.82, 2.24) is 9.29 Å². The van der Waals surface area contributed by atoms with Gasteiger partial charge in [0.25, 0.3) is 0 Å². The van der Waals surface area contributed by atoms with Crippen LogP contribution in [0.1, 0.15) is 12.8 Å². The highest BCUT2D eigenvalue weighted by molar-refractivity contribution is 7.89. The van der Waals surface area contributed by atoms with Crippen LogP contribution < -0.4 is 4.90 Å². The SMILES string of the molecule is C=CCN(C(=O)C1CCN(S(=O)(=O)c2cccnc2)CC1)c1ccccc1. The number of anilines is 1. The third-order valence-electron chi connectivity index (χ3n) is 4.72. The lowest BCUT2D eigenvalue weighted by atomic mass is 9.96. The molecule has 142 valence electrons. The molecule has 1 aromatic carbocycles. The van der Waals surface area contributed by atoms with Gasteiger partial charge in [-0.05, 0) is 37.1 Å². The highest BCUT2D eigenvalue weighted by Crippen LogP contribution is 2.26. The van der Waals surface area contributed by atoms with E-state index in [4.69, 9.17) is 0 Å². The fourth-order valence-corrected chi connectivity index (χ4v) is 4.71. The number of carbonyl (C=O) groups is 1. The molecule has 0 atom stereocenters. The Labute approximate surface area is 160 Å². The van der Waals surface area contributed by atoms with E-state index < -0.39 is 10.0 Å². The van der Waals surface area contributed by atoms with Gasteiger partial charge in [-0.25, -0.2) is 8.42 Å². The number of nitrogens with zero attached hydrogens (tertiary/aromatic N) is 3. The van der Waals surface area contributed by atoms with Crippen molar-refractivity contribution in [2.45, 2.75) is 17.7 Å². The third-order valence-corrected chi connectivity index (χ3v) is 6.60. The maximum atomic E-state index is 13.0. The lowest BCUT2D eigenvalue weighted by molar-refractivity contribution is -0.123. The number of carbonyl (C=O) groups excluding carboxylic acids is 1. The Morgan fingerprint density at radius 2 is 1.89 bits per heavy atom. The molecule has 0 radical (unpaired) electrons. The van der Waals surface area contributed by atoms with Gasteiger partial charge in [0.2, 0.25) is 15.9 Å². The van der Waals surface area contributed by atoms with Crippen LogP contribution in [0.3, 0.4) is 0 Å². The van der Waals surface area contributed by atoms with E-state index in [0.717, 1.165) is 5.69 Å². The summed E-state index contributed by atoms with van der Waals surface area (Å²) in [5.41, 5.74) is 0.827. The number of piperidine rings is 1. The van der Waals surface area contributed by atoms with Gasteiger partial charge in [0.15, 0.2) is 0 Å². The van der Waals surface area contributed by atoms with Crippen molar-refractivity contribution in [1.29, 1.82) is 0 Å². The molecule has 1 aromatic heterocycles. The predicted octanol–water partition coefficient (Wildman–Crippen LogP) is 2.70. The van der Waals surface area contributed by atoms with Crippen LogP contribution in [0.15, 0.2) is 72.4 Å². The van der Waals surface area contributed by atoms with Crippen molar-refractivity contribution in [2.24, 2.45) is 5.92 Å². The number of hydrogen-bond acceptors (Lipinski definition) is 4. The molecule has 27 heavy (non-hydrogen) atoms. The van der Waals surface area contributed by atoms with Crippen molar-refractivity contribution in [3.63, 3.8) is 0 Å². The van der Waals surface area contributed by atoms with E-state index in [0.29, 0.717) is 32.5 Å². The minimum absolute atomic E-state index is 0.0134. The molecule has 3 rings (SSSR count). The maximum absolute atomic E-state index is 13.0. The molecule has 2 aromatic rings. The molecule has 0 bridgehead atoms. The molecular weight excluding hydrogens is 362 g/mol. The molecule has 1 fully saturated rings. The van der Waals surface area contributed by atoms with Gasteiger partial charge in [-0.3, -0.25) is 9.78 Å². The first-order valence-electron chi connectivity index (χ1n) is 8.91. The number of hydrogen-bond donors (Lipinski definition) is 0. The summed E-state index contributed by atoms with van der Waals surface area (Å²) in [6, 6.07) is 12.6. The minimum Gasteiger partial charge on any atom is -0.308 e. The largest absolute Gasteiger partial charge is 0.308 e. The van der Waals surface area contributed by atoms with Gasteiger partial charge in [-0.1, -0.05) is 24.3 Å². The summed E-state index contributed by atoms with van der Waals surface area (Å²) in [4.78, 5) is 18.8. The van der Waals surface area contributed by atoms with Gasteiger partial charge in [-0.2, -0.15) is 4.31 Å². The molecule has 7 heteroatoms. The quantitative estimate of drug-likeness (QED) is 0.717. The van der Waals surface area contributed by atoms with Gasteiger partial charge in [0.05, 0.1) is 0 Å². The van der Waals surface area contributed by atoms with Crippen LogP contribution in [-0.4, -0.2) is 43.2 Å². The lowest BCUT2D eigenvalue weighted by Crippen LogP contribution is -2.44. The highest BCUT2D eigenvalue weighted by atomic mass is 32.2. The van der Waals surface area contributed by atoms with Crippen molar-refractivity contribution < 1.29 is 13.2 Å². The van der Waals surface area contributed by atoms with E-state index in [9.17, 15) is 13.2 Å². The summed E-state index contributed by atoms with van der Waals surface area (Å²) >= 11 is 0. The van der Waals surface area contributed by atoms with E-state index in [1.807, 2.05) is 30.3 Å². The molecule has 1 amide bonds. The van der Waals surface area contributed by atoms with Crippen LogP contribution in [0.2, 0.25) is 0 Å². The predicted molar refractivity (Wildman–Crippen MR) is 105 cm³/mol. The van der Waals surface area contributed by atoms with Crippen LogP contribution in [0, 0.1) is 5.92 Å². The molecule has 6 nitrogen and oxygen atoms in total. The fourth-order valence-electron chi connectivity index (χ4n) is 3.27. The summed E-state index contributed by atoms with van der Waals surface area (Å²) in [7, 11) is -3.56. The number of amides is 1. The number of pyridine rings is 1. The second-order valence-corrected chi connectivity index (χ2v) is 8.38. The van der Waals surface area contributed by atoms with E-state index in [2.05, 4.69) is 11.6 Å². The van der Waals surface area contributed by atoms with Crippen LogP contribution >= 0.6 is 0 Å². The Kier molecular flexibility index (Phi) is 6.03. The van der Waals surface area contributed by atoms with Crippen LogP contribution in [0.25, 0.3) is 0 Å². The van der Waals surface area contributed by atoms with E-state index in [1.54, 1.807) is 29.3 Å². The third kappa shape index (κ3) is 4.26. The van der Waals surface area contributed by atoms with Crippen molar-refractivity contribution >= 4 is 21.6 Å². The van der Waals surface area contributed by atoms with Gasteiger partial charge in [-0.15, -0.1) is 6.58 Å². The Balaban J connectivity index is 1.69. The van der Waals surface area contributed by atoms with Crippen LogP contribution in [0.5, 0.6) is 0 Å². The molecule has 0 spiro atoms. The second kappa shape index (κ2) is 8.45. The topological polar surface area (TPSA) is 70.6 Å². The standard InChI is InChI=1S/C20H23N3O3S/c1-2-13-23(18-7-4-3-5-8-18)20(24)17-10-14-22(15-11-17)27(25,26)19-9-6-12-21-16-19/h2-9,12,16-17H,1,10-11,13-15H2. The van der Waals surface area contributed by atoms with Crippen molar-refractivity contribution in [3.8, 4) is 0 Å². The number of para-hydroxylation sites is 1. The van der Waals surface area contributed by atoms with Crippen LogP contribution in [-0.2, 0) is 14.8 Å². The molecule has 2 heterocycles. The number of benzene rings is 1. The van der Waals surface area contributed by atoms with Crippen molar-refractivity contribution in [2.75, 3.05) is 24.5 Å². The van der Waals surface area contributed by atoms with E-state index in [1.165, 1.54) is 10.5 Å². The second-order valence-electron chi connectivity index (χ2n) is 6.44. The smallest absolute Gasteiger partial charge is 0.244 e. The maximum Gasteiger partial charge on any atom is 0.244 e. The average molecular weight is 385 g/mol. The Hall–Kier alpha value is -2.51. The molecule has 0 saturated carbocycles. The van der Waals surface area contributed by atoms with Gasteiger partial charge in [0, 0.05) is 43.6 Å². The summed E-state index contributed by atoms with van der Waals surface area (Å²) in [6.07, 6.45) is 5.60. The van der Waals surface area contributed by atoms with Gasteiger partial charge in [0.1, 0.15) is 4.90 Å². The number of sulfonamides is 1. The molecule has 0 aliphatic carbocycles. The Morgan fingerprint density at radius 3 is 2.48 bits per heavy atom. The van der Waals surface area contributed by atoms with Crippen LogP contribution in [0.4, 0.5) is 5.69 Å². The first-order chi connectivity index (χ1) is 13.0. The summed E-state index contributed by atoms with van der Waals surface area (Å²) in [5.74, 6) is -0.190. The zero-order chi connectivity index (χ0) is 19.3. The zero-order valence-electron chi connectivity index (χ0n) is 15.1. The normalized spacial score (nSPS) is 16.0. The van der Waals surface area contributed by atoms with Gasteiger partial charge >= 0.3 is 0 Å². The molecule has 1 aliphatic rings. The summed E-state index contributed by atoms with van der Waals surface area (Å²) in [5, 5.41) is 0. The average Bonchev–Trinajstić information content (AvgIpc) is 2.73. The number of aromatic nitrogens is 1. The highest BCUT2D eigenvalue weighted by Gasteiger charge is 2.34. The molecular formula is C20H23N3O3S. The Bertz CT molecular complexity index is 877. The summed E-state index contributed by atoms with van der Waals surface area (Å²) in [6.45, 7) is 4.82. The number of rotatable bonds is 6. The van der Waals surface area contributed by atoms with Gasteiger partial charge < -0.3 is 4.90 Å². The lowest BCUT2D eigenvalue weighted by Gasteiger charge is -2.33. The first kappa shape index (κ1) is 19.3. The molecule has 0 N–H and O–H groups in total. The first-order valence-corrected chi connectivity index (χ1v) is 10.4. The van der Waals surface area contributed by atoms with E-state index in [-0.39, 0.29) is 16.7 Å². The van der Waals surface area contributed by atoms with E-state index >= 15 is 0 Å². The monoisotopic (exact) mass is 385 g/mol. The minimum atomic E-state index is -3.56. The molecule has 1 saturated heterocycles. The van der Waals surface area contributed by atoms with Crippen molar-refractivity contribution in [3.05, 3.63) is 67.5 Å². The molecule has 0 unspecified atom stereocenters. The zero-order valence-corrected chi connectivity index (χ0v) is 15.9. The summed E-state index contributed by atoms with van der Waals surface area (Å²) < 4.78 is 26.8. The Morgan fingerprint density at radius 1 is 1.19 bits per heavy atom. The molecule has 1 aliphatic heterocycles. The fraction of sp³-hybridized carbons (Fsp3) is 0.300.